The van der Waals surface area contributed by atoms with E-state index in [-0.39, 0.29) is 0 Å². The van der Waals surface area contributed by atoms with Gasteiger partial charge < -0.3 is 14.8 Å². The zero-order valence-corrected chi connectivity index (χ0v) is 13.3. The summed E-state index contributed by atoms with van der Waals surface area (Å²) in [6.07, 6.45) is 5.15. The van der Waals surface area contributed by atoms with Gasteiger partial charge in [0.25, 0.3) is 0 Å². The Bertz CT molecular complexity index is 345. The number of nitrogens with one attached hydrogen (secondary N) is 1. The topological polar surface area (TPSA) is 33.1 Å². The third-order valence-electron chi connectivity index (χ3n) is 3.15. The number of nitrogens with zero attached hydrogens (tertiary/aromatic N) is 3. The number of hydrogen-bond donors (Lipinski definition) is 1. The van der Waals surface area contributed by atoms with Gasteiger partial charge in [-0.1, -0.05) is 27.7 Å². The number of rotatable bonds is 8. The first kappa shape index (κ1) is 16.2. The Morgan fingerprint density at radius 1 is 1.26 bits per heavy atom. The molecule has 0 saturated carbocycles. The average molecular weight is 266 g/mol. The molecule has 1 N–H and O–H groups in total. The van der Waals surface area contributed by atoms with E-state index in [1.165, 1.54) is 12.1 Å². The van der Waals surface area contributed by atoms with Crippen LogP contribution in [-0.4, -0.2) is 41.1 Å². The van der Waals surface area contributed by atoms with E-state index in [9.17, 15) is 0 Å². The van der Waals surface area contributed by atoms with Gasteiger partial charge in [-0.2, -0.15) is 0 Å². The van der Waals surface area contributed by atoms with Crippen molar-refractivity contribution in [2.24, 2.45) is 5.92 Å². The highest BCUT2D eigenvalue weighted by Crippen LogP contribution is 2.20. The highest BCUT2D eigenvalue weighted by atomic mass is 15.2. The molecule has 0 aromatic carbocycles. The molecule has 19 heavy (non-hydrogen) atoms. The summed E-state index contributed by atoms with van der Waals surface area (Å²) in [5.74, 6) is 0.693. The van der Waals surface area contributed by atoms with Gasteiger partial charge in [0.15, 0.2) is 0 Å². The second kappa shape index (κ2) is 7.65. The number of imidazole rings is 1. The standard InChI is InChI=1S/C15H30N4/c1-12(2)7-14(10-18(5)6)19-11-16-8-15(19)9-17-13(3)4/h8,11-14,17H,7,9-10H2,1-6H3. The minimum atomic E-state index is 0.501. The highest BCUT2D eigenvalue weighted by molar-refractivity contribution is 5.01. The second-order valence-corrected chi connectivity index (χ2v) is 6.37. The van der Waals surface area contributed by atoms with Crippen LogP contribution in [0, 0.1) is 5.92 Å². The minimum absolute atomic E-state index is 0.501. The predicted octanol–water partition coefficient (Wildman–Crippen LogP) is 2.53. The van der Waals surface area contributed by atoms with Crippen LogP contribution in [0.5, 0.6) is 0 Å². The Hall–Kier alpha value is -0.870. The lowest BCUT2D eigenvalue weighted by Crippen LogP contribution is -2.29. The molecule has 4 heteroatoms. The van der Waals surface area contributed by atoms with Crippen molar-refractivity contribution in [2.45, 2.75) is 52.7 Å². The third-order valence-corrected chi connectivity index (χ3v) is 3.15. The molecule has 0 fully saturated rings. The van der Waals surface area contributed by atoms with Crippen molar-refractivity contribution in [3.63, 3.8) is 0 Å². The van der Waals surface area contributed by atoms with Crippen molar-refractivity contribution in [3.05, 3.63) is 18.2 Å². The van der Waals surface area contributed by atoms with E-state index < -0.39 is 0 Å². The first-order valence-electron chi connectivity index (χ1n) is 7.29. The molecule has 1 atom stereocenters. The zero-order chi connectivity index (χ0) is 14.4. The maximum Gasteiger partial charge on any atom is 0.0951 e. The van der Waals surface area contributed by atoms with Gasteiger partial charge in [-0.3, -0.25) is 0 Å². The van der Waals surface area contributed by atoms with Crippen LogP contribution in [0.4, 0.5) is 0 Å². The Morgan fingerprint density at radius 3 is 2.47 bits per heavy atom. The molecule has 1 aromatic rings. The Morgan fingerprint density at radius 2 is 1.95 bits per heavy atom. The van der Waals surface area contributed by atoms with Crippen LogP contribution >= 0.6 is 0 Å². The zero-order valence-electron chi connectivity index (χ0n) is 13.3. The largest absolute Gasteiger partial charge is 0.329 e. The van der Waals surface area contributed by atoms with E-state index >= 15 is 0 Å². The van der Waals surface area contributed by atoms with Gasteiger partial charge in [0.1, 0.15) is 0 Å². The van der Waals surface area contributed by atoms with Crippen molar-refractivity contribution in [1.82, 2.24) is 19.8 Å². The smallest absolute Gasteiger partial charge is 0.0951 e. The van der Waals surface area contributed by atoms with Gasteiger partial charge in [0, 0.05) is 31.4 Å². The quantitative estimate of drug-likeness (QED) is 0.785. The van der Waals surface area contributed by atoms with E-state index in [0.717, 1.165) is 13.1 Å². The van der Waals surface area contributed by atoms with Crippen LogP contribution in [0.15, 0.2) is 12.5 Å². The normalized spacial score (nSPS) is 13.7. The molecule has 1 aromatic heterocycles. The second-order valence-electron chi connectivity index (χ2n) is 6.37. The molecule has 0 aliphatic carbocycles. The molecular formula is C15H30N4. The molecule has 0 spiro atoms. The molecule has 0 bridgehead atoms. The summed E-state index contributed by atoms with van der Waals surface area (Å²) in [4.78, 5) is 6.60. The van der Waals surface area contributed by atoms with Crippen LogP contribution in [0.1, 0.15) is 45.9 Å². The lowest BCUT2D eigenvalue weighted by Gasteiger charge is -2.26. The number of likely N-dealkylation sites (N-methyl/N-ethyl adjacent to an activating group) is 1. The fourth-order valence-corrected chi connectivity index (χ4v) is 2.35. The Balaban J connectivity index is 2.79. The predicted molar refractivity (Wildman–Crippen MR) is 81.2 cm³/mol. The van der Waals surface area contributed by atoms with Crippen LogP contribution in [-0.2, 0) is 6.54 Å². The lowest BCUT2D eigenvalue weighted by atomic mass is 10.0. The van der Waals surface area contributed by atoms with E-state index in [2.05, 4.69) is 61.6 Å². The summed E-state index contributed by atoms with van der Waals surface area (Å²) in [7, 11) is 4.27. The molecule has 1 rings (SSSR count). The first-order valence-corrected chi connectivity index (χ1v) is 7.29. The molecule has 4 nitrogen and oxygen atoms in total. The molecule has 0 radical (unpaired) electrons. The average Bonchev–Trinajstić information content (AvgIpc) is 2.71. The summed E-state index contributed by atoms with van der Waals surface area (Å²) in [5.41, 5.74) is 1.28. The summed E-state index contributed by atoms with van der Waals surface area (Å²) in [5, 5.41) is 3.48. The summed E-state index contributed by atoms with van der Waals surface area (Å²) >= 11 is 0. The van der Waals surface area contributed by atoms with Crippen LogP contribution in [0.25, 0.3) is 0 Å². The highest BCUT2D eigenvalue weighted by Gasteiger charge is 2.16. The van der Waals surface area contributed by atoms with Gasteiger partial charge in [-0.15, -0.1) is 0 Å². The van der Waals surface area contributed by atoms with Crippen molar-refractivity contribution in [2.75, 3.05) is 20.6 Å². The van der Waals surface area contributed by atoms with E-state index in [1.807, 2.05) is 12.5 Å². The van der Waals surface area contributed by atoms with Gasteiger partial charge in [0.2, 0.25) is 0 Å². The molecule has 1 unspecified atom stereocenters. The van der Waals surface area contributed by atoms with Gasteiger partial charge >= 0.3 is 0 Å². The minimum Gasteiger partial charge on any atom is -0.329 e. The molecule has 0 amide bonds. The van der Waals surface area contributed by atoms with Crippen molar-refractivity contribution < 1.29 is 0 Å². The Kier molecular flexibility index (Phi) is 6.52. The summed E-state index contributed by atoms with van der Waals surface area (Å²) < 4.78 is 2.34. The lowest BCUT2D eigenvalue weighted by molar-refractivity contribution is 0.283. The molecule has 1 heterocycles. The third kappa shape index (κ3) is 5.74. The van der Waals surface area contributed by atoms with E-state index in [1.54, 1.807) is 0 Å². The van der Waals surface area contributed by atoms with E-state index in [4.69, 9.17) is 0 Å². The van der Waals surface area contributed by atoms with Gasteiger partial charge in [-0.05, 0) is 26.4 Å². The van der Waals surface area contributed by atoms with Crippen LogP contribution < -0.4 is 5.32 Å². The van der Waals surface area contributed by atoms with E-state index in [0.29, 0.717) is 18.0 Å². The van der Waals surface area contributed by atoms with Gasteiger partial charge in [-0.25, -0.2) is 4.98 Å². The summed E-state index contributed by atoms with van der Waals surface area (Å²) in [6, 6.07) is 1.00. The molecule has 0 aliphatic rings. The molecule has 0 saturated heterocycles. The first-order chi connectivity index (χ1) is 8.90. The molecule has 0 aliphatic heterocycles. The van der Waals surface area contributed by atoms with Crippen molar-refractivity contribution >= 4 is 0 Å². The maximum absolute atomic E-state index is 4.34. The van der Waals surface area contributed by atoms with Crippen molar-refractivity contribution in [1.29, 1.82) is 0 Å². The number of aromatic nitrogens is 2. The van der Waals surface area contributed by atoms with Crippen molar-refractivity contribution in [3.8, 4) is 0 Å². The maximum atomic E-state index is 4.34. The van der Waals surface area contributed by atoms with Gasteiger partial charge in [0.05, 0.1) is 12.0 Å². The molecular weight excluding hydrogens is 236 g/mol. The fourth-order valence-electron chi connectivity index (χ4n) is 2.35. The van der Waals surface area contributed by atoms with Crippen LogP contribution in [0.3, 0.4) is 0 Å². The number of hydrogen-bond acceptors (Lipinski definition) is 3. The van der Waals surface area contributed by atoms with Crippen LogP contribution in [0.2, 0.25) is 0 Å². The monoisotopic (exact) mass is 266 g/mol. The SMILES string of the molecule is CC(C)CC(CN(C)C)n1cncc1CNC(C)C. The fraction of sp³-hybridized carbons (Fsp3) is 0.800. The Labute approximate surface area is 118 Å². The molecule has 110 valence electrons. The summed E-state index contributed by atoms with van der Waals surface area (Å²) in [6.45, 7) is 10.9.